The Morgan fingerprint density at radius 1 is 1.32 bits per heavy atom. The molecular weight excluding hydrogens is 473 g/mol. The Kier molecular flexibility index (Phi) is 5.64. The maximum atomic E-state index is 11.8. The zero-order valence-electron chi connectivity index (χ0n) is 16.1. The number of rotatable bonds is 3. The van der Waals surface area contributed by atoms with Gasteiger partial charge in [0.1, 0.15) is 12.1 Å². The van der Waals surface area contributed by atoms with E-state index in [2.05, 4.69) is 37.9 Å². The van der Waals surface area contributed by atoms with Crippen molar-refractivity contribution in [3.05, 3.63) is 27.6 Å². The molecule has 2 atom stereocenters. The van der Waals surface area contributed by atoms with Crippen molar-refractivity contribution < 1.29 is 14.7 Å². The van der Waals surface area contributed by atoms with Gasteiger partial charge in [0.05, 0.1) is 17.1 Å². The lowest BCUT2D eigenvalue weighted by Gasteiger charge is -2.47. The monoisotopic (exact) mass is 497 g/mol. The van der Waals surface area contributed by atoms with Gasteiger partial charge in [0.25, 0.3) is 5.91 Å². The van der Waals surface area contributed by atoms with Gasteiger partial charge in [-0.05, 0) is 53.0 Å². The molecule has 28 heavy (non-hydrogen) atoms. The van der Waals surface area contributed by atoms with E-state index in [9.17, 15) is 14.7 Å². The highest BCUT2D eigenvalue weighted by Crippen LogP contribution is 2.35. The molecule has 1 aliphatic rings. The van der Waals surface area contributed by atoms with E-state index in [0.717, 1.165) is 16.4 Å². The van der Waals surface area contributed by atoms with E-state index in [-0.39, 0.29) is 17.5 Å². The van der Waals surface area contributed by atoms with Gasteiger partial charge in [-0.15, -0.1) is 0 Å². The summed E-state index contributed by atoms with van der Waals surface area (Å²) in [4.78, 5) is 33.8. The summed E-state index contributed by atoms with van der Waals surface area (Å²) in [5, 5.41) is 13.8. The van der Waals surface area contributed by atoms with E-state index in [1.807, 2.05) is 26.8 Å². The number of halogens is 1. The molecule has 1 unspecified atom stereocenters. The minimum atomic E-state index is -0.912. The number of aromatic nitrogens is 2. The molecule has 3 rings (SSSR count). The summed E-state index contributed by atoms with van der Waals surface area (Å²) in [5.74, 6) is 0.0351. The molecule has 1 saturated heterocycles. The second-order valence-corrected chi connectivity index (χ2v) is 9.36. The van der Waals surface area contributed by atoms with E-state index < -0.39 is 12.0 Å². The van der Waals surface area contributed by atoms with Gasteiger partial charge < -0.3 is 21.1 Å². The Labute approximate surface area is 177 Å². The molecule has 150 valence electrons. The minimum absolute atomic E-state index is 0.113. The first-order chi connectivity index (χ1) is 13.1. The summed E-state index contributed by atoms with van der Waals surface area (Å²) in [6.45, 7) is 6.64. The molecule has 2 aromatic rings. The first-order valence-corrected chi connectivity index (χ1v) is 10.2. The van der Waals surface area contributed by atoms with Crippen molar-refractivity contribution in [3.63, 3.8) is 0 Å². The van der Waals surface area contributed by atoms with Crippen LogP contribution in [0.4, 0.5) is 10.6 Å². The van der Waals surface area contributed by atoms with Crippen molar-refractivity contribution in [3.8, 4) is 0 Å². The average molecular weight is 497 g/mol. The molecule has 0 aliphatic carbocycles. The van der Waals surface area contributed by atoms with Crippen LogP contribution < -0.4 is 11.1 Å². The third kappa shape index (κ3) is 3.98. The van der Waals surface area contributed by atoms with Crippen molar-refractivity contribution in [2.24, 2.45) is 11.1 Å². The van der Waals surface area contributed by atoms with Gasteiger partial charge >= 0.3 is 6.09 Å². The number of benzene rings is 1. The molecule has 4 N–H and O–H groups in total. The summed E-state index contributed by atoms with van der Waals surface area (Å²) in [6.07, 6.45) is 2.07. The molecule has 0 bridgehead atoms. The quantitative estimate of drug-likeness (QED) is 0.560. The van der Waals surface area contributed by atoms with Gasteiger partial charge in [-0.2, -0.15) is 0 Å². The number of nitrogens with one attached hydrogen (secondary N) is 1. The normalized spacial score (nSPS) is 20.2. The average Bonchev–Trinajstić information content (AvgIpc) is 2.60. The third-order valence-corrected chi connectivity index (χ3v) is 5.68. The fourth-order valence-electron chi connectivity index (χ4n) is 4.04. The van der Waals surface area contributed by atoms with Crippen molar-refractivity contribution >= 4 is 51.3 Å². The van der Waals surface area contributed by atoms with Crippen LogP contribution in [0.2, 0.25) is 0 Å². The summed E-state index contributed by atoms with van der Waals surface area (Å²) in [7, 11) is 0. The molecular formula is C19H24IN5O3. The maximum Gasteiger partial charge on any atom is 0.407 e. The lowest BCUT2D eigenvalue weighted by molar-refractivity contribution is 0.0519. The molecule has 0 radical (unpaired) electrons. The second kappa shape index (κ2) is 7.69. The lowest BCUT2D eigenvalue weighted by atomic mass is 9.77. The Hall–Kier alpha value is -2.17. The first-order valence-electron chi connectivity index (χ1n) is 9.09. The number of anilines is 1. The van der Waals surface area contributed by atoms with Crippen LogP contribution in [-0.4, -0.2) is 50.6 Å². The molecule has 0 saturated carbocycles. The molecule has 9 heteroatoms. The van der Waals surface area contributed by atoms with Crippen LogP contribution in [0.15, 0.2) is 18.5 Å². The summed E-state index contributed by atoms with van der Waals surface area (Å²) < 4.78 is 0.847. The second-order valence-electron chi connectivity index (χ2n) is 8.12. The van der Waals surface area contributed by atoms with Crippen LogP contribution in [0.25, 0.3) is 10.9 Å². The predicted molar refractivity (Wildman–Crippen MR) is 115 cm³/mol. The Morgan fingerprint density at radius 2 is 2.04 bits per heavy atom. The Bertz CT molecular complexity index is 928. The van der Waals surface area contributed by atoms with Crippen LogP contribution in [0, 0.1) is 8.99 Å². The SMILES string of the molecule is CC(C)(C)C1[C@@H](Nc2ncnc3c(C(N)=O)cc(I)cc23)CCCN1C(=O)O. The maximum absolute atomic E-state index is 11.8. The van der Waals surface area contributed by atoms with Crippen LogP contribution in [-0.2, 0) is 0 Å². The van der Waals surface area contributed by atoms with E-state index in [1.54, 1.807) is 6.07 Å². The summed E-state index contributed by atoms with van der Waals surface area (Å²) >= 11 is 2.13. The van der Waals surface area contributed by atoms with Crippen molar-refractivity contribution in [2.45, 2.75) is 45.7 Å². The largest absolute Gasteiger partial charge is 0.465 e. The van der Waals surface area contributed by atoms with Gasteiger partial charge in [0, 0.05) is 21.5 Å². The molecule has 2 amide bonds. The van der Waals surface area contributed by atoms with Gasteiger partial charge in [-0.1, -0.05) is 20.8 Å². The molecule has 1 fully saturated rings. The first kappa shape index (κ1) is 20.6. The fourth-order valence-corrected chi connectivity index (χ4v) is 4.67. The number of nitrogens with two attached hydrogens (primary N) is 1. The molecule has 0 spiro atoms. The highest BCUT2D eigenvalue weighted by Gasteiger charge is 2.42. The number of piperidine rings is 1. The number of likely N-dealkylation sites (tertiary alicyclic amines) is 1. The molecule has 8 nitrogen and oxygen atoms in total. The predicted octanol–water partition coefficient (Wildman–Crippen LogP) is 3.30. The number of nitrogens with zero attached hydrogens (tertiary/aromatic N) is 3. The van der Waals surface area contributed by atoms with Gasteiger partial charge in [0.15, 0.2) is 0 Å². The molecule has 1 aromatic heterocycles. The standard InChI is InChI=1S/C19H24IN5O3/c1-19(2,3)15-13(5-4-6-25(15)18(27)28)24-17-12-8-10(20)7-11(16(21)26)14(12)22-9-23-17/h7-9,13,15H,4-6H2,1-3H3,(H2,21,26)(H,27,28)(H,22,23,24)/t13-,15?/m0/s1. The highest BCUT2D eigenvalue weighted by molar-refractivity contribution is 14.1. The van der Waals surface area contributed by atoms with Crippen LogP contribution >= 0.6 is 22.6 Å². The van der Waals surface area contributed by atoms with E-state index in [1.165, 1.54) is 11.2 Å². The fraction of sp³-hybridized carbons (Fsp3) is 0.474. The van der Waals surface area contributed by atoms with E-state index in [0.29, 0.717) is 28.8 Å². The van der Waals surface area contributed by atoms with Crippen molar-refractivity contribution in [1.82, 2.24) is 14.9 Å². The Morgan fingerprint density at radius 3 is 2.64 bits per heavy atom. The van der Waals surface area contributed by atoms with Crippen LogP contribution in [0.3, 0.4) is 0 Å². The number of fused-ring (bicyclic) bond motifs is 1. The van der Waals surface area contributed by atoms with Gasteiger partial charge in [-0.25, -0.2) is 14.8 Å². The number of carboxylic acid groups (broad SMARTS) is 1. The zero-order valence-corrected chi connectivity index (χ0v) is 18.2. The summed E-state index contributed by atoms with van der Waals surface area (Å²) in [5.41, 5.74) is 6.09. The number of hydrogen-bond acceptors (Lipinski definition) is 5. The topological polar surface area (TPSA) is 121 Å². The van der Waals surface area contributed by atoms with E-state index >= 15 is 0 Å². The minimum Gasteiger partial charge on any atom is -0.465 e. The number of primary amides is 1. The zero-order chi connectivity index (χ0) is 20.6. The molecule has 1 aliphatic heterocycles. The number of amides is 2. The summed E-state index contributed by atoms with van der Waals surface area (Å²) in [6, 6.07) is 3.27. The van der Waals surface area contributed by atoms with Crippen molar-refractivity contribution in [2.75, 3.05) is 11.9 Å². The smallest absolute Gasteiger partial charge is 0.407 e. The number of hydrogen-bond donors (Lipinski definition) is 3. The number of carbonyl (C=O) groups excluding carboxylic acids is 1. The molecule has 1 aromatic carbocycles. The number of carbonyl (C=O) groups is 2. The van der Waals surface area contributed by atoms with Gasteiger partial charge in [0.2, 0.25) is 0 Å². The molecule has 2 heterocycles. The van der Waals surface area contributed by atoms with Crippen molar-refractivity contribution in [1.29, 1.82) is 0 Å². The van der Waals surface area contributed by atoms with Gasteiger partial charge in [-0.3, -0.25) is 4.79 Å². The lowest BCUT2D eigenvalue weighted by Crippen LogP contribution is -2.58. The van der Waals surface area contributed by atoms with Crippen LogP contribution in [0.5, 0.6) is 0 Å². The van der Waals surface area contributed by atoms with E-state index in [4.69, 9.17) is 5.73 Å². The Balaban J connectivity index is 2.06. The highest BCUT2D eigenvalue weighted by atomic mass is 127. The third-order valence-electron chi connectivity index (χ3n) is 5.06. The van der Waals surface area contributed by atoms with Crippen LogP contribution in [0.1, 0.15) is 44.0 Å².